The highest BCUT2D eigenvalue weighted by Crippen LogP contribution is 2.11. The fourth-order valence-corrected chi connectivity index (χ4v) is 1.85. The van der Waals surface area contributed by atoms with Crippen molar-refractivity contribution >= 4 is 17.7 Å². The Morgan fingerprint density at radius 2 is 2.06 bits per heavy atom. The molecule has 0 aromatic heterocycles. The molecule has 0 atom stereocenters. The average Bonchev–Trinajstić information content (AvgIpc) is 2.38. The van der Waals surface area contributed by atoms with Crippen LogP contribution in [0.25, 0.3) is 6.08 Å². The largest absolute Gasteiger partial charge is 0.399 e. The molecule has 0 unspecified atom stereocenters. The van der Waals surface area contributed by atoms with Crippen LogP contribution in [0.2, 0.25) is 0 Å². The Kier molecular flexibility index (Phi) is 3.82. The number of nitrogens with two attached hydrogens (primary N) is 1. The average molecular weight is 242 g/mol. The van der Waals surface area contributed by atoms with Gasteiger partial charge in [0.1, 0.15) is 0 Å². The van der Waals surface area contributed by atoms with E-state index in [0.717, 1.165) is 30.8 Å². The van der Waals surface area contributed by atoms with Gasteiger partial charge in [0.05, 0.1) is 0 Å². The van der Waals surface area contributed by atoms with E-state index in [0.29, 0.717) is 0 Å². The molecule has 3 heteroatoms. The molecule has 3 nitrogen and oxygen atoms in total. The van der Waals surface area contributed by atoms with Gasteiger partial charge in [-0.2, -0.15) is 0 Å². The second-order valence-electron chi connectivity index (χ2n) is 4.58. The predicted molar refractivity (Wildman–Crippen MR) is 74.8 cm³/mol. The Labute approximate surface area is 108 Å². The van der Waals surface area contributed by atoms with Crippen LogP contribution < -0.4 is 5.73 Å². The van der Waals surface area contributed by atoms with Crippen LogP contribution in [0.5, 0.6) is 0 Å². The van der Waals surface area contributed by atoms with Gasteiger partial charge in [-0.05, 0) is 37.1 Å². The lowest BCUT2D eigenvalue weighted by molar-refractivity contribution is -0.125. The minimum atomic E-state index is 0.0653. The highest BCUT2D eigenvalue weighted by Gasteiger charge is 2.12. The predicted octanol–water partition coefficient (Wildman–Crippen LogP) is 2.46. The Balaban J connectivity index is 1.97. The summed E-state index contributed by atoms with van der Waals surface area (Å²) in [4.78, 5) is 13.8. The van der Waals surface area contributed by atoms with Gasteiger partial charge in [0.15, 0.2) is 0 Å². The molecule has 0 fully saturated rings. The van der Waals surface area contributed by atoms with E-state index in [1.54, 1.807) is 6.08 Å². The lowest BCUT2D eigenvalue weighted by Gasteiger charge is -2.24. The van der Waals surface area contributed by atoms with Crippen molar-refractivity contribution in [1.82, 2.24) is 4.90 Å². The standard InChI is InChI=1S/C15H18N2O/c1-12-8-10-17(11-9-12)15(18)7-4-13-2-5-14(16)6-3-13/h2-8H,9-11,16H2,1H3/b7-4+. The van der Waals surface area contributed by atoms with E-state index in [4.69, 9.17) is 5.73 Å². The number of carbonyl (C=O) groups is 1. The number of carbonyl (C=O) groups excluding carboxylic acids is 1. The van der Waals surface area contributed by atoms with Gasteiger partial charge in [0, 0.05) is 24.9 Å². The van der Waals surface area contributed by atoms with Crippen LogP contribution >= 0.6 is 0 Å². The first-order chi connectivity index (χ1) is 8.65. The summed E-state index contributed by atoms with van der Waals surface area (Å²) in [7, 11) is 0. The molecule has 1 aromatic rings. The monoisotopic (exact) mass is 242 g/mol. The summed E-state index contributed by atoms with van der Waals surface area (Å²) >= 11 is 0. The molecule has 1 aromatic carbocycles. The summed E-state index contributed by atoms with van der Waals surface area (Å²) < 4.78 is 0. The van der Waals surface area contributed by atoms with Gasteiger partial charge in [-0.1, -0.05) is 23.8 Å². The molecule has 1 heterocycles. The first kappa shape index (κ1) is 12.4. The van der Waals surface area contributed by atoms with Crippen molar-refractivity contribution < 1.29 is 4.79 Å². The highest BCUT2D eigenvalue weighted by molar-refractivity contribution is 5.92. The maximum absolute atomic E-state index is 11.9. The Bertz CT molecular complexity index is 486. The Morgan fingerprint density at radius 1 is 1.33 bits per heavy atom. The van der Waals surface area contributed by atoms with Crippen LogP contribution in [0.4, 0.5) is 5.69 Å². The maximum Gasteiger partial charge on any atom is 0.246 e. The number of amides is 1. The summed E-state index contributed by atoms with van der Waals surface area (Å²) in [6, 6.07) is 7.47. The van der Waals surface area contributed by atoms with E-state index in [9.17, 15) is 4.79 Å². The smallest absolute Gasteiger partial charge is 0.246 e. The van der Waals surface area contributed by atoms with E-state index >= 15 is 0 Å². The van der Waals surface area contributed by atoms with Crippen LogP contribution in [0.15, 0.2) is 42.0 Å². The number of benzene rings is 1. The molecule has 0 saturated carbocycles. The molecule has 1 aliphatic rings. The fraction of sp³-hybridized carbons (Fsp3) is 0.267. The van der Waals surface area contributed by atoms with Crippen molar-refractivity contribution in [2.24, 2.45) is 0 Å². The van der Waals surface area contributed by atoms with Crippen molar-refractivity contribution in [2.75, 3.05) is 18.8 Å². The first-order valence-electron chi connectivity index (χ1n) is 6.13. The summed E-state index contributed by atoms with van der Waals surface area (Å²) in [6.07, 6.45) is 6.53. The molecule has 94 valence electrons. The summed E-state index contributed by atoms with van der Waals surface area (Å²) in [6.45, 7) is 3.63. The van der Waals surface area contributed by atoms with E-state index in [1.807, 2.05) is 35.2 Å². The van der Waals surface area contributed by atoms with Crippen molar-refractivity contribution in [1.29, 1.82) is 0 Å². The second kappa shape index (κ2) is 5.54. The van der Waals surface area contributed by atoms with Crippen LogP contribution in [-0.4, -0.2) is 23.9 Å². The normalized spacial score (nSPS) is 15.8. The van der Waals surface area contributed by atoms with E-state index in [-0.39, 0.29) is 5.91 Å². The highest BCUT2D eigenvalue weighted by atomic mass is 16.2. The topological polar surface area (TPSA) is 46.3 Å². The minimum absolute atomic E-state index is 0.0653. The van der Waals surface area contributed by atoms with E-state index in [2.05, 4.69) is 13.0 Å². The molecule has 1 amide bonds. The van der Waals surface area contributed by atoms with Crippen LogP contribution in [0, 0.1) is 0 Å². The molecule has 1 aliphatic heterocycles. The number of nitrogens with zero attached hydrogens (tertiary/aromatic N) is 1. The van der Waals surface area contributed by atoms with Gasteiger partial charge < -0.3 is 10.6 Å². The number of hydrogen-bond acceptors (Lipinski definition) is 2. The molecule has 0 radical (unpaired) electrons. The Hall–Kier alpha value is -2.03. The third kappa shape index (κ3) is 3.23. The molecule has 0 saturated heterocycles. The van der Waals surface area contributed by atoms with Crippen molar-refractivity contribution in [3.63, 3.8) is 0 Å². The number of hydrogen-bond donors (Lipinski definition) is 1. The van der Waals surface area contributed by atoms with Gasteiger partial charge in [-0.25, -0.2) is 0 Å². The number of anilines is 1. The van der Waals surface area contributed by atoms with Crippen LogP contribution in [0.3, 0.4) is 0 Å². The van der Waals surface area contributed by atoms with Crippen LogP contribution in [-0.2, 0) is 4.79 Å². The third-order valence-corrected chi connectivity index (χ3v) is 3.10. The number of rotatable bonds is 2. The van der Waals surface area contributed by atoms with Crippen molar-refractivity contribution in [2.45, 2.75) is 13.3 Å². The van der Waals surface area contributed by atoms with Crippen molar-refractivity contribution in [3.05, 3.63) is 47.6 Å². The lowest BCUT2D eigenvalue weighted by Crippen LogP contribution is -2.33. The first-order valence-corrected chi connectivity index (χ1v) is 6.13. The number of nitrogen functional groups attached to an aromatic ring is 1. The lowest BCUT2D eigenvalue weighted by atomic mass is 10.1. The molecular weight excluding hydrogens is 224 g/mol. The fourth-order valence-electron chi connectivity index (χ4n) is 1.85. The Morgan fingerprint density at radius 3 is 2.67 bits per heavy atom. The zero-order chi connectivity index (χ0) is 13.0. The van der Waals surface area contributed by atoms with Gasteiger partial charge in [-0.3, -0.25) is 4.79 Å². The molecule has 0 aliphatic carbocycles. The molecule has 0 spiro atoms. The minimum Gasteiger partial charge on any atom is -0.399 e. The molecule has 2 N–H and O–H groups in total. The summed E-state index contributed by atoms with van der Waals surface area (Å²) in [5, 5.41) is 0. The maximum atomic E-state index is 11.9. The quantitative estimate of drug-likeness (QED) is 0.492. The summed E-state index contributed by atoms with van der Waals surface area (Å²) in [5.74, 6) is 0.0653. The van der Waals surface area contributed by atoms with E-state index in [1.165, 1.54) is 5.57 Å². The second-order valence-corrected chi connectivity index (χ2v) is 4.58. The van der Waals surface area contributed by atoms with Crippen LogP contribution in [0.1, 0.15) is 18.9 Å². The zero-order valence-corrected chi connectivity index (χ0v) is 10.6. The van der Waals surface area contributed by atoms with Gasteiger partial charge >= 0.3 is 0 Å². The molecule has 18 heavy (non-hydrogen) atoms. The SMILES string of the molecule is CC1=CCN(C(=O)/C=C/c2ccc(N)cc2)CC1. The van der Waals surface area contributed by atoms with Crippen molar-refractivity contribution in [3.8, 4) is 0 Å². The zero-order valence-electron chi connectivity index (χ0n) is 10.6. The van der Waals surface area contributed by atoms with Gasteiger partial charge in [-0.15, -0.1) is 0 Å². The van der Waals surface area contributed by atoms with Gasteiger partial charge in [0.25, 0.3) is 0 Å². The molecule has 2 rings (SSSR count). The third-order valence-electron chi connectivity index (χ3n) is 3.10. The summed E-state index contributed by atoms with van der Waals surface area (Å²) in [5.41, 5.74) is 8.69. The molecule has 0 bridgehead atoms. The van der Waals surface area contributed by atoms with Gasteiger partial charge in [0.2, 0.25) is 5.91 Å². The molecular formula is C15H18N2O. The van der Waals surface area contributed by atoms with E-state index < -0.39 is 0 Å².